The number of carbonyl (C=O) groups is 2. The predicted molar refractivity (Wildman–Crippen MR) is 102 cm³/mol. The highest BCUT2D eigenvalue weighted by molar-refractivity contribution is 7.16. The molecule has 0 saturated heterocycles. The highest BCUT2D eigenvalue weighted by atomic mass is 32.1. The van der Waals surface area contributed by atoms with Gasteiger partial charge in [0, 0.05) is 4.88 Å². The molecule has 2 amide bonds. The Balaban J connectivity index is 2.11. The van der Waals surface area contributed by atoms with Crippen molar-refractivity contribution in [2.24, 2.45) is 5.73 Å². The third-order valence-corrected chi connectivity index (χ3v) is 5.16. The lowest BCUT2D eigenvalue weighted by molar-refractivity contribution is -0.118. The van der Waals surface area contributed by atoms with Crippen LogP contribution in [0.3, 0.4) is 0 Å². The lowest BCUT2D eigenvalue weighted by Crippen LogP contribution is -2.22. The van der Waals surface area contributed by atoms with Crippen LogP contribution in [0, 0.1) is 20.8 Å². The molecule has 5 nitrogen and oxygen atoms in total. The van der Waals surface area contributed by atoms with E-state index >= 15 is 0 Å². The van der Waals surface area contributed by atoms with Crippen LogP contribution >= 0.6 is 11.3 Å². The highest BCUT2D eigenvalue weighted by Crippen LogP contribution is 2.32. The van der Waals surface area contributed by atoms with E-state index in [-0.39, 0.29) is 12.5 Å². The van der Waals surface area contributed by atoms with Crippen LogP contribution in [0.25, 0.3) is 0 Å². The molecule has 0 aliphatic carbocycles. The summed E-state index contributed by atoms with van der Waals surface area (Å²) >= 11 is 1.34. The van der Waals surface area contributed by atoms with E-state index in [1.54, 1.807) is 0 Å². The SMILES string of the molecule is Cc1ccc(C(C)C)c(OCC(=O)Nc2sc(C)c(C)c2C(N)=O)c1. The maximum absolute atomic E-state index is 12.3. The third kappa shape index (κ3) is 4.39. The standard InChI is InChI=1S/C19H24N2O3S/c1-10(2)14-7-6-11(3)8-15(14)24-9-16(22)21-19-17(18(20)23)12(4)13(5)25-19/h6-8,10H,9H2,1-5H3,(H2,20,23)(H,21,22). The maximum Gasteiger partial charge on any atom is 0.262 e. The summed E-state index contributed by atoms with van der Waals surface area (Å²) in [5.74, 6) is 0.139. The summed E-state index contributed by atoms with van der Waals surface area (Å²) in [6.45, 7) is 9.71. The largest absolute Gasteiger partial charge is 0.483 e. The Morgan fingerprint density at radius 2 is 1.92 bits per heavy atom. The minimum Gasteiger partial charge on any atom is -0.483 e. The van der Waals surface area contributed by atoms with Gasteiger partial charge in [-0.3, -0.25) is 9.59 Å². The number of ether oxygens (including phenoxy) is 1. The minimum absolute atomic E-state index is 0.128. The van der Waals surface area contributed by atoms with Gasteiger partial charge < -0.3 is 15.8 Å². The minimum atomic E-state index is -0.543. The number of carbonyl (C=O) groups excluding carboxylic acids is 2. The van der Waals surface area contributed by atoms with Crippen molar-refractivity contribution in [3.8, 4) is 5.75 Å². The smallest absolute Gasteiger partial charge is 0.262 e. The summed E-state index contributed by atoms with van der Waals surface area (Å²) < 4.78 is 5.73. The van der Waals surface area contributed by atoms with Crippen LogP contribution in [0.1, 0.15) is 51.7 Å². The molecule has 0 spiro atoms. The number of amides is 2. The first-order valence-electron chi connectivity index (χ1n) is 8.13. The molecule has 0 aliphatic heterocycles. The zero-order valence-corrected chi connectivity index (χ0v) is 16.0. The Morgan fingerprint density at radius 3 is 2.52 bits per heavy atom. The number of nitrogens with two attached hydrogens (primary N) is 1. The van der Waals surface area contributed by atoms with Crippen molar-refractivity contribution in [3.05, 3.63) is 45.3 Å². The molecule has 6 heteroatoms. The van der Waals surface area contributed by atoms with E-state index in [0.717, 1.165) is 21.6 Å². The topological polar surface area (TPSA) is 81.4 Å². The van der Waals surface area contributed by atoms with Crippen LogP contribution < -0.4 is 15.8 Å². The van der Waals surface area contributed by atoms with Gasteiger partial charge in [-0.15, -0.1) is 11.3 Å². The molecule has 2 aromatic rings. The van der Waals surface area contributed by atoms with Crippen LogP contribution in [0.15, 0.2) is 18.2 Å². The molecule has 0 radical (unpaired) electrons. The van der Waals surface area contributed by atoms with Crippen molar-refractivity contribution in [2.75, 3.05) is 11.9 Å². The normalized spacial score (nSPS) is 10.8. The molecular weight excluding hydrogens is 336 g/mol. The highest BCUT2D eigenvalue weighted by Gasteiger charge is 2.19. The number of hydrogen-bond donors (Lipinski definition) is 2. The van der Waals surface area contributed by atoms with Crippen molar-refractivity contribution in [1.82, 2.24) is 0 Å². The van der Waals surface area contributed by atoms with Crippen LogP contribution in [0.2, 0.25) is 0 Å². The first-order valence-corrected chi connectivity index (χ1v) is 8.95. The monoisotopic (exact) mass is 360 g/mol. The Hall–Kier alpha value is -2.34. The van der Waals surface area contributed by atoms with E-state index in [4.69, 9.17) is 10.5 Å². The number of nitrogens with one attached hydrogen (secondary N) is 1. The van der Waals surface area contributed by atoms with E-state index < -0.39 is 5.91 Å². The molecule has 1 aromatic heterocycles. The number of benzene rings is 1. The second kappa shape index (κ2) is 7.70. The molecule has 2 rings (SSSR count). The quantitative estimate of drug-likeness (QED) is 0.819. The van der Waals surface area contributed by atoms with Crippen molar-refractivity contribution in [2.45, 2.75) is 40.5 Å². The van der Waals surface area contributed by atoms with E-state index in [1.807, 2.05) is 39.0 Å². The molecule has 0 bridgehead atoms. The summed E-state index contributed by atoms with van der Waals surface area (Å²) in [5.41, 5.74) is 8.72. The van der Waals surface area contributed by atoms with Crippen molar-refractivity contribution in [1.29, 1.82) is 0 Å². The summed E-state index contributed by atoms with van der Waals surface area (Å²) in [7, 11) is 0. The fraction of sp³-hybridized carbons (Fsp3) is 0.368. The molecule has 1 aromatic carbocycles. The van der Waals surface area contributed by atoms with Gasteiger partial charge in [-0.1, -0.05) is 26.0 Å². The maximum atomic E-state index is 12.3. The zero-order chi connectivity index (χ0) is 18.7. The van der Waals surface area contributed by atoms with E-state index in [9.17, 15) is 9.59 Å². The van der Waals surface area contributed by atoms with E-state index in [0.29, 0.717) is 22.2 Å². The number of rotatable bonds is 6. The van der Waals surface area contributed by atoms with Gasteiger partial charge in [0.25, 0.3) is 11.8 Å². The first-order chi connectivity index (χ1) is 11.7. The molecule has 1 heterocycles. The van der Waals surface area contributed by atoms with E-state index in [1.165, 1.54) is 11.3 Å². The number of anilines is 1. The fourth-order valence-electron chi connectivity index (χ4n) is 2.56. The van der Waals surface area contributed by atoms with Crippen LogP contribution in [0.5, 0.6) is 5.75 Å². The Kier molecular flexibility index (Phi) is 5.85. The average molecular weight is 360 g/mol. The predicted octanol–water partition coefficient (Wildman–Crippen LogP) is 3.91. The molecule has 25 heavy (non-hydrogen) atoms. The summed E-state index contributed by atoms with van der Waals surface area (Å²) in [6.07, 6.45) is 0. The zero-order valence-electron chi connectivity index (χ0n) is 15.2. The van der Waals surface area contributed by atoms with E-state index in [2.05, 4.69) is 19.2 Å². The van der Waals surface area contributed by atoms with Gasteiger partial charge in [-0.2, -0.15) is 0 Å². The molecular formula is C19H24N2O3S. The summed E-state index contributed by atoms with van der Waals surface area (Å²) in [4.78, 5) is 24.8. The third-order valence-electron chi connectivity index (χ3n) is 4.03. The molecule has 0 saturated carbocycles. The lowest BCUT2D eigenvalue weighted by atomic mass is 10.0. The Morgan fingerprint density at radius 1 is 1.24 bits per heavy atom. The first kappa shape index (κ1) is 19.0. The molecule has 0 unspecified atom stereocenters. The lowest BCUT2D eigenvalue weighted by Gasteiger charge is -2.14. The number of hydrogen-bond acceptors (Lipinski definition) is 4. The van der Waals surface area contributed by atoms with Crippen LogP contribution in [-0.2, 0) is 4.79 Å². The van der Waals surface area contributed by atoms with Gasteiger partial charge >= 0.3 is 0 Å². The average Bonchev–Trinajstić information content (AvgIpc) is 2.79. The van der Waals surface area contributed by atoms with Gasteiger partial charge in [-0.05, 0) is 49.4 Å². The summed E-state index contributed by atoms with van der Waals surface area (Å²) in [6, 6.07) is 5.97. The van der Waals surface area contributed by atoms with Gasteiger partial charge in [-0.25, -0.2) is 0 Å². The Labute approximate surface area is 152 Å². The van der Waals surface area contributed by atoms with Crippen LogP contribution in [0.4, 0.5) is 5.00 Å². The Bertz CT molecular complexity index is 809. The molecule has 0 aliphatic rings. The van der Waals surface area contributed by atoms with Gasteiger partial charge in [0.2, 0.25) is 0 Å². The number of thiophene rings is 1. The molecule has 3 N–H and O–H groups in total. The molecule has 0 fully saturated rings. The van der Waals surface area contributed by atoms with Crippen LogP contribution in [-0.4, -0.2) is 18.4 Å². The second-order valence-corrected chi connectivity index (χ2v) is 7.61. The number of primary amides is 1. The molecule has 134 valence electrons. The van der Waals surface area contributed by atoms with Crippen molar-refractivity contribution < 1.29 is 14.3 Å². The van der Waals surface area contributed by atoms with Gasteiger partial charge in [0.1, 0.15) is 10.8 Å². The molecule has 0 atom stereocenters. The van der Waals surface area contributed by atoms with Gasteiger partial charge in [0.15, 0.2) is 6.61 Å². The van der Waals surface area contributed by atoms with Crippen molar-refractivity contribution in [3.63, 3.8) is 0 Å². The number of aryl methyl sites for hydroxylation is 2. The van der Waals surface area contributed by atoms with Crippen molar-refractivity contribution >= 4 is 28.2 Å². The second-order valence-electron chi connectivity index (χ2n) is 6.38. The fourth-order valence-corrected chi connectivity index (χ4v) is 3.64. The summed E-state index contributed by atoms with van der Waals surface area (Å²) in [5, 5.41) is 3.22. The van der Waals surface area contributed by atoms with Gasteiger partial charge in [0.05, 0.1) is 5.56 Å².